The Bertz CT molecular complexity index is 892. The van der Waals surface area contributed by atoms with Gasteiger partial charge in [0.1, 0.15) is 0 Å². The number of aryl methyl sites for hydroxylation is 1. The maximum Gasteiger partial charge on any atom is 0.239 e. The first-order valence-corrected chi connectivity index (χ1v) is 9.99. The van der Waals surface area contributed by atoms with Gasteiger partial charge in [-0.25, -0.2) is 13.6 Å². The molecule has 144 valence electrons. The monoisotopic (exact) mass is 389 g/mol. The SMILES string of the molecule is Cc1ccc(CC(=O)NCC(=O)NCCc2ccc(S(N)(=O)=O)cc2)cc1. The van der Waals surface area contributed by atoms with Gasteiger partial charge in [0.2, 0.25) is 21.8 Å². The lowest BCUT2D eigenvalue weighted by Gasteiger charge is -2.08. The Labute approximate surface area is 159 Å². The second-order valence-corrected chi connectivity index (χ2v) is 7.79. The van der Waals surface area contributed by atoms with Crippen molar-refractivity contribution < 1.29 is 18.0 Å². The van der Waals surface area contributed by atoms with Gasteiger partial charge in [0.15, 0.2) is 0 Å². The predicted octanol–water partition coefficient (Wildman–Crippen LogP) is 0.660. The van der Waals surface area contributed by atoms with Gasteiger partial charge >= 0.3 is 0 Å². The van der Waals surface area contributed by atoms with E-state index < -0.39 is 10.0 Å². The predicted molar refractivity (Wildman–Crippen MR) is 102 cm³/mol. The number of hydrogen-bond acceptors (Lipinski definition) is 4. The quantitative estimate of drug-likeness (QED) is 0.614. The Kier molecular flexibility index (Phi) is 7.09. The number of primary sulfonamides is 1. The molecule has 0 fully saturated rings. The summed E-state index contributed by atoms with van der Waals surface area (Å²) in [5.41, 5.74) is 2.88. The minimum atomic E-state index is -3.70. The van der Waals surface area contributed by atoms with Gasteiger partial charge in [-0.1, -0.05) is 42.0 Å². The minimum absolute atomic E-state index is 0.0478. The maximum absolute atomic E-state index is 11.9. The van der Waals surface area contributed by atoms with E-state index in [0.29, 0.717) is 13.0 Å². The molecule has 0 aliphatic carbocycles. The van der Waals surface area contributed by atoms with E-state index in [-0.39, 0.29) is 29.7 Å². The summed E-state index contributed by atoms with van der Waals surface area (Å²) in [5, 5.41) is 10.3. The lowest BCUT2D eigenvalue weighted by Crippen LogP contribution is -2.38. The molecule has 27 heavy (non-hydrogen) atoms. The van der Waals surface area contributed by atoms with E-state index in [4.69, 9.17) is 5.14 Å². The number of amides is 2. The van der Waals surface area contributed by atoms with Crippen LogP contribution in [0, 0.1) is 6.92 Å². The number of benzene rings is 2. The van der Waals surface area contributed by atoms with Crippen LogP contribution >= 0.6 is 0 Å². The average Bonchev–Trinajstić information content (AvgIpc) is 2.62. The summed E-state index contributed by atoms with van der Waals surface area (Å²) < 4.78 is 22.4. The van der Waals surface area contributed by atoms with E-state index in [0.717, 1.165) is 16.7 Å². The summed E-state index contributed by atoms with van der Waals surface area (Å²) in [4.78, 5) is 23.7. The fourth-order valence-electron chi connectivity index (χ4n) is 2.39. The summed E-state index contributed by atoms with van der Waals surface area (Å²) >= 11 is 0. The van der Waals surface area contributed by atoms with E-state index >= 15 is 0 Å². The number of carbonyl (C=O) groups is 2. The van der Waals surface area contributed by atoms with Gasteiger partial charge in [-0.3, -0.25) is 9.59 Å². The Hall–Kier alpha value is -2.71. The van der Waals surface area contributed by atoms with Crippen LogP contribution in [0.2, 0.25) is 0 Å². The zero-order valence-electron chi connectivity index (χ0n) is 15.1. The van der Waals surface area contributed by atoms with Crippen molar-refractivity contribution in [2.75, 3.05) is 13.1 Å². The molecule has 0 spiro atoms. The van der Waals surface area contributed by atoms with Crippen LogP contribution in [-0.2, 0) is 32.5 Å². The van der Waals surface area contributed by atoms with Gasteiger partial charge in [0.25, 0.3) is 0 Å². The third-order valence-corrected chi connectivity index (χ3v) is 4.85. The normalized spacial score (nSPS) is 11.0. The fourth-order valence-corrected chi connectivity index (χ4v) is 2.90. The molecule has 4 N–H and O–H groups in total. The summed E-state index contributed by atoms with van der Waals surface area (Å²) in [5.74, 6) is -0.499. The summed E-state index contributed by atoms with van der Waals surface area (Å²) in [6, 6.07) is 13.8. The molecule has 8 heteroatoms. The van der Waals surface area contributed by atoms with Crippen LogP contribution in [0.25, 0.3) is 0 Å². The van der Waals surface area contributed by atoms with Crippen molar-refractivity contribution in [3.63, 3.8) is 0 Å². The number of rotatable bonds is 8. The number of carbonyl (C=O) groups excluding carboxylic acids is 2. The Morgan fingerprint density at radius 3 is 2.07 bits per heavy atom. The van der Waals surface area contributed by atoms with Gasteiger partial charge in [-0.15, -0.1) is 0 Å². The number of hydrogen-bond donors (Lipinski definition) is 3. The van der Waals surface area contributed by atoms with Crippen LogP contribution in [0.4, 0.5) is 0 Å². The number of sulfonamides is 1. The highest BCUT2D eigenvalue weighted by Crippen LogP contribution is 2.08. The Morgan fingerprint density at radius 1 is 0.889 bits per heavy atom. The maximum atomic E-state index is 11.9. The molecule has 0 aliphatic heterocycles. The first kappa shape index (κ1) is 20.6. The molecule has 0 saturated carbocycles. The molecule has 2 rings (SSSR count). The van der Waals surface area contributed by atoms with E-state index in [1.807, 2.05) is 31.2 Å². The molecule has 0 aromatic heterocycles. The zero-order valence-corrected chi connectivity index (χ0v) is 15.9. The van der Waals surface area contributed by atoms with Crippen LogP contribution in [0.5, 0.6) is 0 Å². The molecule has 2 aromatic carbocycles. The van der Waals surface area contributed by atoms with Gasteiger partial charge < -0.3 is 10.6 Å². The molecule has 0 radical (unpaired) electrons. The van der Waals surface area contributed by atoms with Gasteiger partial charge in [-0.05, 0) is 36.6 Å². The molecule has 0 atom stereocenters. The molecule has 2 aromatic rings. The molecule has 0 bridgehead atoms. The van der Waals surface area contributed by atoms with E-state index in [2.05, 4.69) is 10.6 Å². The van der Waals surface area contributed by atoms with Gasteiger partial charge in [0, 0.05) is 6.54 Å². The molecule has 0 unspecified atom stereocenters. The van der Waals surface area contributed by atoms with Crippen molar-refractivity contribution in [2.24, 2.45) is 5.14 Å². The van der Waals surface area contributed by atoms with Crippen LogP contribution in [0.3, 0.4) is 0 Å². The minimum Gasteiger partial charge on any atom is -0.354 e. The summed E-state index contributed by atoms with van der Waals surface area (Å²) in [7, 11) is -3.70. The van der Waals surface area contributed by atoms with Crippen LogP contribution in [0.1, 0.15) is 16.7 Å². The van der Waals surface area contributed by atoms with Crippen molar-refractivity contribution in [1.82, 2.24) is 10.6 Å². The number of nitrogens with one attached hydrogen (secondary N) is 2. The second-order valence-electron chi connectivity index (χ2n) is 6.23. The van der Waals surface area contributed by atoms with Crippen molar-refractivity contribution in [1.29, 1.82) is 0 Å². The average molecular weight is 389 g/mol. The van der Waals surface area contributed by atoms with Gasteiger partial charge in [0.05, 0.1) is 17.9 Å². The summed E-state index contributed by atoms with van der Waals surface area (Å²) in [6.45, 7) is 2.26. The van der Waals surface area contributed by atoms with E-state index in [9.17, 15) is 18.0 Å². The Morgan fingerprint density at radius 2 is 1.48 bits per heavy atom. The van der Waals surface area contributed by atoms with Crippen molar-refractivity contribution in [3.05, 3.63) is 65.2 Å². The molecule has 0 saturated heterocycles. The van der Waals surface area contributed by atoms with Crippen molar-refractivity contribution in [2.45, 2.75) is 24.7 Å². The highest BCUT2D eigenvalue weighted by Gasteiger charge is 2.08. The first-order valence-electron chi connectivity index (χ1n) is 8.45. The molecule has 7 nitrogen and oxygen atoms in total. The topological polar surface area (TPSA) is 118 Å². The van der Waals surface area contributed by atoms with Crippen LogP contribution in [0.15, 0.2) is 53.4 Å². The lowest BCUT2D eigenvalue weighted by atomic mass is 10.1. The fraction of sp³-hybridized carbons (Fsp3) is 0.263. The van der Waals surface area contributed by atoms with E-state index in [1.54, 1.807) is 12.1 Å². The van der Waals surface area contributed by atoms with Gasteiger partial charge in [-0.2, -0.15) is 0 Å². The Balaban J connectivity index is 1.68. The van der Waals surface area contributed by atoms with E-state index in [1.165, 1.54) is 12.1 Å². The first-order chi connectivity index (χ1) is 12.7. The molecular weight excluding hydrogens is 366 g/mol. The highest BCUT2D eigenvalue weighted by atomic mass is 32.2. The molecular formula is C19H23N3O4S. The standard InChI is InChI=1S/C19H23N3O4S/c1-14-2-4-16(5-3-14)12-18(23)22-13-19(24)21-11-10-15-6-8-17(9-7-15)27(20,25)26/h2-9H,10-13H2,1H3,(H,21,24)(H,22,23)(H2,20,25,26). The van der Waals surface area contributed by atoms with Crippen LogP contribution < -0.4 is 15.8 Å². The molecule has 0 heterocycles. The largest absolute Gasteiger partial charge is 0.354 e. The zero-order chi connectivity index (χ0) is 19.9. The van der Waals surface area contributed by atoms with Crippen molar-refractivity contribution in [3.8, 4) is 0 Å². The number of nitrogens with two attached hydrogens (primary N) is 1. The third kappa shape index (κ3) is 7.20. The smallest absolute Gasteiger partial charge is 0.239 e. The van der Waals surface area contributed by atoms with Crippen LogP contribution in [-0.4, -0.2) is 33.3 Å². The molecule has 2 amide bonds. The third-order valence-electron chi connectivity index (χ3n) is 3.92. The second kappa shape index (κ2) is 9.29. The highest BCUT2D eigenvalue weighted by molar-refractivity contribution is 7.89. The van der Waals surface area contributed by atoms with Crippen molar-refractivity contribution >= 4 is 21.8 Å². The molecule has 0 aliphatic rings. The lowest BCUT2D eigenvalue weighted by molar-refractivity contribution is -0.125. The summed E-state index contributed by atoms with van der Waals surface area (Å²) in [6.07, 6.45) is 0.762.